The van der Waals surface area contributed by atoms with Crippen molar-refractivity contribution in [3.63, 3.8) is 0 Å². The predicted molar refractivity (Wildman–Crippen MR) is 99.6 cm³/mol. The Bertz CT molecular complexity index is 783. The fourth-order valence-corrected chi connectivity index (χ4v) is 3.13. The van der Waals surface area contributed by atoms with Crippen LogP contribution in [-0.4, -0.2) is 34.9 Å². The number of hydrogen-bond donors (Lipinski definition) is 1. The Labute approximate surface area is 154 Å². The fourth-order valence-electron chi connectivity index (χ4n) is 3.13. The van der Waals surface area contributed by atoms with Gasteiger partial charge in [0.1, 0.15) is 12.7 Å². The number of aryl methyl sites for hydroxylation is 1. The van der Waals surface area contributed by atoms with Crippen LogP contribution < -0.4 is 14.8 Å². The van der Waals surface area contributed by atoms with Crippen LogP contribution >= 0.6 is 0 Å². The molecule has 1 aliphatic heterocycles. The lowest BCUT2D eigenvalue weighted by atomic mass is 10.1. The number of carbonyl (C=O) groups is 1. The van der Waals surface area contributed by atoms with Crippen molar-refractivity contribution in [2.24, 2.45) is 5.92 Å². The van der Waals surface area contributed by atoms with Crippen molar-refractivity contribution in [3.8, 4) is 11.5 Å². The first kappa shape index (κ1) is 18.3. The average molecular weight is 357 g/mol. The Morgan fingerprint density at radius 2 is 2.04 bits per heavy atom. The third-order valence-corrected chi connectivity index (χ3v) is 4.50. The van der Waals surface area contributed by atoms with Gasteiger partial charge in [0.15, 0.2) is 11.5 Å². The van der Waals surface area contributed by atoms with E-state index in [0.717, 1.165) is 35.0 Å². The summed E-state index contributed by atoms with van der Waals surface area (Å²) in [6.07, 6.45) is 0.152. The number of fused-ring (bicyclic) bond motifs is 1. The number of aromatic nitrogens is 2. The van der Waals surface area contributed by atoms with Gasteiger partial charge >= 0.3 is 0 Å². The van der Waals surface area contributed by atoms with Crippen LogP contribution in [0.2, 0.25) is 0 Å². The van der Waals surface area contributed by atoms with Gasteiger partial charge in [0.25, 0.3) is 0 Å². The van der Waals surface area contributed by atoms with E-state index < -0.39 is 0 Å². The zero-order valence-electron chi connectivity index (χ0n) is 15.9. The maximum absolute atomic E-state index is 12.4. The summed E-state index contributed by atoms with van der Waals surface area (Å²) in [7, 11) is 0. The van der Waals surface area contributed by atoms with Crippen molar-refractivity contribution in [1.29, 1.82) is 0 Å². The van der Waals surface area contributed by atoms with Gasteiger partial charge in [-0.3, -0.25) is 9.48 Å². The van der Waals surface area contributed by atoms with E-state index in [1.165, 1.54) is 0 Å². The minimum Gasteiger partial charge on any atom is -0.486 e. The van der Waals surface area contributed by atoms with E-state index >= 15 is 0 Å². The van der Waals surface area contributed by atoms with Crippen LogP contribution in [0, 0.1) is 19.8 Å². The molecule has 0 saturated carbocycles. The lowest BCUT2D eigenvalue weighted by molar-refractivity contribution is -0.121. The van der Waals surface area contributed by atoms with Crippen LogP contribution in [0.25, 0.3) is 0 Å². The Morgan fingerprint density at radius 3 is 2.77 bits per heavy atom. The van der Waals surface area contributed by atoms with E-state index in [9.17, 15) is 4.79 Å². The summed E-state index contributed by atoms with van der Waals surface area (Å²) >= 11 is 0. The molecule has 0 saturated heterocycles. The van der Waals surface area contributed by atoms with E-state index in [-0.39, 0.29) is 12.0 Å². The molecule has 0 aliphatic carbocycles. The quantitative estimate of drug-likeness (QED) is 0.863. The Hall–Kier alpha value is -2.50. The van der Waals surface area contributed by atoms with Crippen LogP contribution in [0.15, 0.2) is 24.3 Å². The summed E-state index contributed by atoms with van der Waals surface area (Å²) in [5.41, 5.74) is 3.00. The summed E-state index contributed by atoms with van der Waals surface area (Å²) in [4.78, 5) is 12.4. The van der Waals surface area contributed by atoms with Gasteiger partial charge in [-0.15, -0.1) is 0 Å². The predicted octanol–water partition coefficient (Wildman–Crippen LogP) is 2.65. The number of nitrogens with one attached hydrogen (secondary N) is 1. The maximum atomic E-state index is 12.4. The number of amides is 1. The summed E-state index contributed by atoms with van der Waals surface area (Å²) < 4.78 is 13.5. The van der Waals surface area contributed by atoms with E-state index in [0.29, 0.717) is 25.5 Å². The SMILES string of the molecule is Cc1nn(CC(C)C)c(C)c1CC(=O)NC[C@@H]1COc2ccccc2O1. The highest BCUT2D eigenvalue weighted by molar-refractivity contribution is 5.79. The minimum absolute atomic E-state index is 0.0252. The van der Waals surface area contributed by atoms with E-state index in [4.69, 9.17) is 9.47 Å². The lowest BCUT2D eigenvalue weighted by Crippen LogP contribution is -2.41. The van der Waals surface area contributed by atoms with Gasteiger partial charge in [-0.05, 0) is 31.9 Å². The standard InChI is InChI=1S/C20H27N3O3/c1-13(2)11-23-15(4)17(14(3)22-23)9-20(24)21-10-16-12-25-18-7-5-6-8-19(18)26-16/h5-8,13,16H,9-12H2,1-4H3,(H,21,24)/t16-/m1/s1. The molecule has 1 aliphatic rings. The minimum atomic E-state index is -0.181. The zero-order valence-corrected chi connectivity index (χ0v) is 15.9. The molecule has 2 heterocycles. The third-order valence-electron chi connectivity index (χ3n) is 4.50. The zero-order chi connectivity index (χ0) is 18.7. The number of carbonyl (C=O) groups excluding carboxylic acids is 1. The monoisotopic (exact) mass is 357 g/mol. The maximum Gasteiger partial charge on any atom is 0.224 e. The summed E-state index contributed by atoms with van der Waals surface area (Å²) in [5.74, 6) is 1.96. The highest BCUT2D eigenvalue weighted by atomic mass is 16.6. The molecule has 0 spiro atoms. The average Bonchev–Trinajstić information content (AvgIpc) is 2.86. The first-order valence-electron chi connectivity index (χ1n) is 9.12. The molecule has 1 aromatic heterocycles. The molecular weight excluding hydrogens is 330 g/mol. The largest absolute Gasteiger partial charge is 0.486 e. The number of nitrogens with zero attached hydrogens (tertiary/aromatic N) is 2. The van der Waals surface area contributed by atoms with E-state index in [1.807, 2.05) is 42.8 Å². The second-order valence-corrected chi connectivity index (χ2v) is 7.20. The fraction of sp³-hybridized carbons (Fsp3) is 0.500. The number of hydrogen-bond acceptors (Lipinski definition) is 4. The Morgan fingerprint density at radius 1 is 1.31 bits per heavy atom. The normalized spacial score (nSPS) is 16.0. The van der Waals surface area contributed by atoms with Gasteiger partial charge in [0, 0.05) is 17.8 Å². The van der Waals surface area contributed by atoms with Crippen molar-refractivity contribution in [1.82, 2.24) is 15.1 Å². The molecule has 6 heteroatoms. The van der Waals surface area contributed by atoms with Crippen LogP contribution in [0.1, 0.15) is 30.8 Å². The number of ether oxygens (including phenoxy) is 2. The van der Waals surface area contributed by atoms with Crippen molar-refractivity contribution in [3.05, 3.63) is 41.2 Å². The first-order valence-corrected chi connectivity index (χ1v) is 9.12. The Balaban J connectivity index is 1.55. The highest BCUT2D eigenvalue weighted by Crippen LogP contribution is 2.30. The van der Waals surface area contributed by atoms with Gasteiger partial charge in [-0.2, -0.15) is 5.10 Å². The molecule has 0 unspecified atom stereocenters. The van der Waals surface area contributed by atoms with Crippen LogP contribution in [0.3, 0.4) is 0 Å². The van der Waals surface area contributed by atoms with E-state index in [1.54, 1.807) is 0 Å². The molecule has 0 bridgehead atoms. The molecule has 0 fully saturated rings. The number of para-hydroxylation sites is 2. The van der Waals surface area contributed by atoms with Gasteiger partial charge in [-0.25, -0.2) is 0 Å². The topological polar surface area (TPSA) is 65.4 Å². The molecule has 1 amide bonds. The third kappa shape index (κ3) is 4.18. The highest BCUT2D eigenvalue weighted by Gasteiger charge is 2.22. The molecular formula is C20H27N3O3. The lowest BCUT2D eigenvalue weighted by Gasteiger charge is -2.26. The summed E-state index contributed by atoms with van der Waals surface area (Å²) in [5, 5.41) is 7.53. The van der Waals surface area contributed by atoms with Crippen molar-refractivity contribution >= 4 is 5.91 Å². The molecule has 0 radical (unpaired) electrons. The first-order chi connectivity index (χ1) is 12.4. The van der Waals surface area contributed by atoms with Crippen LogP contribution in [0.4, 0.5) is 0 Å². The number of rotatable bonds is 6. The van der Waals surface area contributed by atoms with Crippen molar-refractivity contribution in [2.45, 2.75) is 46.8 Å². The van der Waals surface area contributed by atoms with Gasteiger partial charge in [0.05, 0.1) is 18.7 Å². The molecule has 140 valence electrons. The summed E-state index contributed by atoms with van der Waals surface area (Å²) in [6, 6.07) is 7.57. The smallest absolute Gasteiger partial charge is 0.224 e. The second kappa shape index (κ2) is 7.81. The summed E-state index contributed by atoms with van der Waals surface area (Å²) in [6.45, 7) is 10.0. The molecule has 26 heavy (non-hydrogen) atoms. The van der Waals surface area contributed by atoms with Crippen LogP contribution in [-0.2, 0) is 17.8 Å². The second-order valence-electron chi connectivity index (χ2n) is 7.20. The van der Waals surface area contributed by atoms with Crippen LogP contribution in [0.5, 0.6) is 11.5 Å². The van der Waals surface area contributed by atoms with Gasteiger partial charge < -0.3 is 14.8 Å². The molecule has 6 nitrogen and oxygen atoms in total. The molecule has 2 aromatic rings. The molecule has 1 N–H and O–H groups in total. The number of benzene rings is 1. The van der Waals surface area contributed by atoms with Crippen molar-refractivity contribution < 1.29 is 14.3 Å². The molecule has 1 aromatic carbocycles. The van der Waals surface area contributed by atoms with Gasteiger partial charge in [0.2, 0.25) is 5.91 Å². The van der Waals surface area contributed by atoms with Gasteiger partial charge in [-0.1, -0.05) is 26.0 Å². The molecule has 1 atom stereocenters. The molecule has 3 rings (SSSR count). The van der Waals surface area contributed by atoms with E-state index in [2.05, 4.69) is 24.3 Å². The van der Waals surface area contributed by atoms with Crippen molar-refractivity contribution in [2.75, 3.05) is 13.2 Å². The Kier molecular flexibility index (Phi) is 5.49.